The van der Waals surface area contributed by atoms with Crippen LogP contribution in [0.15, 0.2) is 297 Å². The Balaban J connectivity index is 0.805. The van der Waals surface area contributed by atoms with E-state index in [4.69, 9.17) is 4.99 Å². The fraction of sp³-hybridized carbons (Fsp3) is 0. The number of benzene rings is 11. The number of amidine groups is 1. The maximum Gasteiger partial charge on any atom is -0.000423 e. The zero-order valence-electron chi connectivity index (χ0n) is 45.3. The van der Waals surface area contributed by atoms with Gasteiger partial charge in [-0.15, -0.1) is 0 Å². The second-order valence-electron chi connectivity index (χ2n) is 21.4. The molecule has 0 radical (unpaired) electrons. The molecule has 5 aromatic heterocycles. The summed E-state index contributed by atoms with van der Waals surface area (Å²) in [7, 11) is 0. The van der Waals surface area contributed by atoms with E-state index in [0.717, 1.165) is 78.2 Å². The van der Waals surface area contributed by atoms with Gasteiger partial charge in [0.15, 0.2) is 0 Å². The Labute approximate surface area is 479 Å². The molecule has 0 aliphatic heterocycles. The molecular formula is C76H51BN6. The molecule has 388 valence electrons. The van der Waals surface area contributed by atoms with Crippen LogP contribution >= 0.6 is 0 Å². The van der Waals surface area contributed by atoms with Crippen molar-refractivity contribution < 1.29 is 0 Å². The number of nitrogens with zero attached hydrogens (tertiary/aromatic N) is 5. The number of aromatic nitrogens is 4. The number of nitrogens with one attached hydrogen (secondary N) is 1. The molecule has 0 spiro atoms. The van der Waals surface area contributed by atoms with E-state index >= 15 is 0 Å². The third-order valence-corrected chi connectivity index (χ3v) is 16.7. The van der Waals surface area contributed by atoms with E-state index in [0.29, 0.717) is 11.5 Å². The average molecular weight is 1060 g/mol. The molecule has 11 aromatic carbocycles. The maximum atomic E-state index is 5.07. The van der Waals surface area contributed by atoms with Gasteiger partial charge in [-0.2, -0.15) is 0 Å². The van der Waals surface area contributed by atoms with Crippen LogP contribution in [0.3, 0.4) is 0 Å². The molecule has 16 rings (SSSR count). The van der Waals surface area contributed by atoms with E-state index in [2.05, 4.69) is 262 Å². The van der Waals surface area contributed by atoms with Gasteiger partial charge in [0.25, 0.3) is 0 Å². The summed E-state index contributed by atoms with van der Waals surface area (Å²) in [4.78, 5) is 5.07. The van der Waals surface area contributed by atoms with Gasteiger partial charge >= 0.3 is 316 Å². The van der Waals surface area contributed by atoms with Crippen molar-refractivity contribution in [3.05, 3.63) is 309 Å². The second-order valence-corrected chi connectivity index (χ2v) is 21.4. The van der Waals surface area contributed by atoms with Gasteiger partial charge in [-0.3, -0.25) is 0 Å². The van der Waals surface area contributed by atoms with Crippen molar-refractivity contribution >= 4 is 111 Å². The summed E-state index contributed by atoms with van der Waals surface area (Å²) in [5, 5.41) is 13.3. The third kappa shape index (κ3) is 7.88. The number of aliphatic imine (C=N–C) groups is 1. The Kier molecular flexibility index (Phi) is 11.2. The molecule has 0 atom stereocenters. The van der Waals surface area contributed by atoms with E-state index in [1.165, 1.54) is 65.2 Å². The number of para-hydroxylation sites is 5. The number of hydrogen-bond acceptors (Lipinski definition) is 1. The predicted molar refractivity (Wildman–Crippen MR) is 351 cm³/mol. The van der Waals surface area contributed by atoms with Crippen LogP contribution in [0.5, 0.6) is 0 Å². The fourth-order valence-corrected chi connectivity index (χ4v) is 12.8. The van der Waals surface area contributed by atoms with Crippen LogP contribution in [0.25, 0.3) is 132 Å². The maximum absolute atomic E-state index is 5.07. The van der Waals surface area contributed by atoms with Crippen molar-refractivity contribution in [3.8, 4) is 33.8 Å². The third-order valence-electron chi connectivity index (χ3n) is 16.7. The van der Waals surface area contributed by atoms with Gasteiger partial charge in [0, 0.05) is 11.3 Å². The quantitative estimate of drug-likeness (QED) is 0.108. The minimum atomic E-state index is 0.659. The Morgan fingerprint density at radius 3 is 1.30 bits per heavy atom. The van der Waals surface area contributed by atoms with Crippen molar-refractivity contribution in [1.82, 2.24) is 23.6 Å². The van der Waals surface area contributed by atoms with E-state index < -0.39 is 0 Å². The molecule has 83 heavy (non-hydrogen) atoms. The topological polar surface area (TPSA) is 44.1 Å². The van der Waals surface area contributed by atoms with Gasteiger partial charge in [0.2, 0.25) is 0 Å². The number of fused-ring (bicyclic) bond motifs is 12. The Morgan fingerprint density at radius 1 is 0.313 bits per heavy atom. The molecular weight excluding hydrogens is 1010 g/mol. The Bertz CT molecular complexity index is 5030. The summed E-state index contributed by atoms with van der Waals surface area (Å²) in [6.45, 7) is 11.0. The number of hydrogen-bond donors (Lipinski definition) is 1. The minimum absolute atomic E-state index is 0.659. The van der Waals surface area contributed by atoms with E-state index in [9.17, 15) is 0 Å². The van der Waals surface area contributed by atoms with Gasteiger partial charge in [0.05, 0.1) is 5.70 Å². The van der Waals surface area contributed by atoms with E-state index in [-0.39, 0.29) is 0 Å². The van der Waals surface area contributed by atoms with Crippen LogP contribution < -0.4 is 5.32 Å². The minimum Gasteiger partial charge on any atom is -0.0622 e. The molecule has 0 saturated carbocycles. The molecule has 0 amide bonds. The monoisotopic (exact) mass is 1060 g/mol. The van der Waals surface area contributed by atoms with Crippen LogP contribution in [0, 0.1) is 0 Å². The Hall–Kier alpha value is -11.0. The smallest absolute Gasteiger partial charge is 0.000423 e. The van der Waals surface area contributed by atoms with Crippen LogP contribution in [-0.2, 0) is 0 Å². The number of rotatable bonds is 10. The predicted octanol–water partition coefficient (Wildman–Crippen LogP) is 18.8. The molecule has 0 aliphatic carbocycles. The zero-order chi connectivity index (χ0) is 55.1. The summed E-state index contributed by atoms with van der Waals surface area (Å²) in [5.74, 6) is 2.98. The molecule has 16 aromatic rings. The van der Waals surface area contributed by atoms with Crippen LogP contribution in [-0.4, -0.2) is 31.0 Å². The van der Waals surface area contributed by atoms with Crippen molar-refractivity contribution in [2.45, 2.75) is 0 Å². The summed E-state index contributed by atoms with van der Waals surface area (Å²) in [6.07, 6.45) is 0. The summed E-state index contributed by atoms with van der Waals surface area (Å²) < 4.78 is 9.65. The normalized spacial score (nSPS) is 12.0. The van der Waals surface area contributed by atoms with Crippen molar-refractivity contribution in [3.63, 3.8) is 0 Å². The van der Waals surface area contributed by atoms with Gasteiger partial charge in [0.1, 0.15) is 5.84 Å². The van der Waals surface area contributed by atoms with Crippen molar-refractivity contribution in [1.29, 1.82) is 0 Å². The Morgan fingerprint density at radius 2 is 0.735 bits per heavy atom. The second kappa shape index (κ2) is 19.4. The first-order valence-corrected chi connectivity index (χ1v) is 28.2. The van der Waals surface area contributed by atoms with Gasteiger partial charge in [-0.1, -0.05) is 92.0 Å². The molecule has 0 bridgehead atoms. The van der Waals surface area contributed by atoms with Crippen molar-refractivity contribution in [2.75, 3.05) is 0 Å². The van der Waals surface area contributed by atoms with E-state index in [1.807, 2.05) is 60.7 Å². The van der Waals surface area contributed by atoms with Crippen LogP contribution in [0.1, 0.15) is 16.7 Å². The first kappa shape index (κ1) is 47.9. The van der Waals surface area contributed by atoms with Crippen LogP contribution in [0.2, 0.25) is 0 Å². The first-order chi connectivity index (χ1) is 41.0. The first-order valence-electron chi connectivity index (χ1n) is 28.2. The molecule has 1 N–H and O–H groups in total. The summed E-state index contributed by atoms with van der Waals surface area (Å²) in [6, 6.07) is 97.9. The molecule has 0 unspecified atom stereocenters. The molecule has 6 nitrogen and oxygen atoms in total. The molecule has 7 heteroatoms. The van der Waals surface area contributed by atoms with E-state index in [1.54, 1.807) is 0 Å². The summed E-state index contributed by atoms with van der Waals surface area (Å²) >= 11 is 0. The van der Waals surface area contributed by atoms with Gasteiger partial charge < -0.3 is 5.32 Å². The molecule has 0 fully saturated rings. The summed E-state index contributed by atoms with van der Waals surface area (Å²) in [5.41, 5.74) is 20.2. The van der Waals surface area contributed by atoms with Crippen molar-refractivity contribution in [2.24, 2.45) is 4.99 Å². The largest absolute Gasteiger partial charge is 0.0622 e. The zero-order valence-corrected chi connectivity index (χ0v) is 45.3. The standard InChI is InChI=1S/C76H51BN6/c1-49(51-19-5-3-6-20-51)78-76(79-50(2)52-21-7-4-8-22-52)54-35-40-56(41-36-54)80-67-28-14-11-27-63(67)64-43-37-55(45-73(64)80)53-33-38-57(39-34-53)81-72-44-42-58(82-68-29-15-9-23-59(68)60-24-10-16-30-69(60)82)46-65(72)66-47-75(77-48-74(66)81)83-70-31-17-12-25-61(70)62-26-13-18-32-71(62)83/h3-48H,1-2H2,(H,78,79). The molecule has 5 heterocycles. The van der Waals surface area contributed by atoms with Gasteiger partial charge in [-0.05, 0) is 41.5 Å². The SMILES string of the molecule is C=C(N=C(NC(=C)c1ccccc1)c1ccc(-n2c3ccccc3c3ccc(-c4ccc(-n5c6cbc(-n7c8ccccc8c8ccccc87)cc6c6cc(-n7c8ccccc8c8ccccc87)ccc65)cc4)cc32)cc1)c1ccccc1. The van der Waals surface area contributed by atoms with Gasteiger partial charge in [-0.25, -0.2) is 4.99 Å². The molecule has 0 aliphatic rings. The fourth-order valence-electron chi connectivity index (χ4n) is 12.8. The van der Waals surface area contributed by atoms with Crippen LogP contribution in [0.4, 0.5) is 0 Å². The average Bonchev–Trinajstić information content (AvgIpc) is 2.58. The molecule has 0 saturated heterocycles.